The van der Waals surface area contributed by atoms with Crippen molar-refractivity contribution >= 4 is 11.9 Å². The number of rotatable bonds is 4. The maximum Gasteiger partial charge on any atom is 0.336 e. The minimum Gasteiger partial charge on any atom is -0.478 e. The molecule has 0 spiro atoms. The van der Waals surface area contributed by atoms with Gasteiger partial charge in [-0.2, -0.15) is 0 Å². The molecule has 0 fully saturated rings. The predicted octanol–water partition coefficient (Wildman–Crippen LogP) is -0.975. The summed E-state index contributed by atoms with van der Waals surface area (Å²) in [5.74, 6) is -2.46. The molecule has 1 rings (SSSR count). The van der Waals surface area contributed by atoms with E-state index in [-0.39, 0.29) is 37.6 Å². The molecule has 1 aromatic carbocycles. The molecule has 8 heteroatoms. The maximum absolute atomic E-state index is 10.5. The van der Waals surface area contributed by atoms with Gasteiger partial charge in [0.25, 0.3) is 0 Å². The molecule has 20 heavy (non-hydrogen) atoms. The van der Waals surface area contributed by atoms with Crippen LogP contribution in [0.3, 0.4) is 0 Å². The monoisotopic (exact) mass is 290 g/mol. The van der Waals surface area contributed by atoms with E-state index in [2.05, 4.69) is 0 Å². The van der Waals surface area contributed by atoms with Crippen LogP contribution in [0, 0.1) is 0 Å². The smallest absolute Gasteiger partial charge is 0.336 e. The lowest BCUT2D eigenvalue weighted by Crippen LogP contribution is -2.06. The lowest BCUT2D eigenvalue weighted by molar-refractivity contribution is 0.0651. The minimum absolute atomic E-state index is 0.125. The Kier molecular flexibility index (Phi) is 13.6. The van der Waals surface area contributed by atoms with Gasteiger partial charge in [0, 0.05) is 0 Å². The molecule has 0 saturated heterocycles. The normalized spacial score (nSPS) is 8.60. The van der Waals surface area contributed by atoms with Gasteiger partial charge in [-0.15, -0.1) is 0 Å². The molecule has 0 amide bonds. The summed E-state index contributed by atoms with van der Waals surface area (Å²) in [5.41, 5.74) is -0.380. The van der Waals surface area contributed by atoms with Crippen LogP contribution in [0.2, 0.25) is 0 Å². The van der Waals surface area contributed by atoms with Crippen molar-refractivity contribution in [1.29, 1.82) is 0 Å². The van der Waals surface area contributed by atoms with Gasteiger partial charge in [-0.3, -0.25) is 0 Å². The molecular weight excluding hydrogens is 272 g/mol. The first-order valence-electron chi connectivity index (χ1n) is 5.45. The van der Waals surface area contributed by atoms with E-state index in [1.165, 1.54) is 24.3 Å². The van der Waals surface area contributed by atoms with Crippen molar-refractivity contribution in [2.45, 2.75) is 0 Å². The summed E-state index contributed by atoms with van der Waals surface area (Å²) in [5, 5.41) is 47.6. The molecular formula is C12H18O8. The van der Waals surface area contributed by atoms with E-state index in [1.54, 1.807) is 0 Å². The van der Waals surface area contributed by atoms with Crippen LogP contribution in [-0.2, 0) is 0 Å². The first-order chi connectivity index (χ1) is 9.45. The number of aliphatic hydroxyl groups is 4. The van der Waals surface area contributed by atoms with Crippen LogP contribution < -0.4 is 0 Å². The first kappa shape index (κ1) is 20.3. The largest absolute Gasteiger partial charge is 0.478 e. The second-order valence-corrected chi connectivity index (χ2v) is 3.05. The number of carbonyl (C=O) groups is 2. The fraction of sp³-hybridized carbons (Fsp3) is 0.333. The third kappa shape index (κ3) is 9.97. The summed E-state index contributed by atoms with van der Waals surface area (Å²) >= 11 is 0. The van der Waals surface area contributed by atoms with Crippen LogP contribution in [0.4, 0.5) is 0 Å². The van der Waals surface area contributed by atoms with E-state index in [0.717, 1.165) is 0 Å². The van der Waals surface area contributed by atoms with Crippen LogP contribution in [0.15, 0.2) is 24.3 Å². The zero-order valence-electron chi connectivity index (χ0n) is 10.6. The summed E-state index contributed by atoms with van der Waals surface area (Å²) in [6.45, 7) is -0.500. The van der Waals surface area contributed by atoms with Crippen LogP contribution in [0.5, 0.6) is 0 Å². The SMILES string of the molecule is O=C(O)c1ccccc1C(=O)O.OCCO.OCCO. The fourth-order valence-electron chi connectivity index (χ4n) is 0.856. The van der Waals surface area contributed by atoms with Crippen molar-refractivity contribution in [3.8, 4) is 0 Å². The zero-order chi connectivity index (χ0) is 16.0. The number of carboxylic acids is 2. The maximum atomic E-state index is 10.5. The molecule has 0 atom stereocenters. The molecule has 114 valence electrons. The quantitative estimate of drug-likeness (QED) is 0.413. The number of carboxylic acid groups (broad SMARTS) is 2. The molecule has 0 saturated carbocycles. The standard InChI is InChI=1S/C8H6O4.2C2H6O2/c9-7(10)5-3-1-2-4-6(5)8(11)12;2*3-1-2-4/h1-4H,(H,9,10)(H,11,12);2*3-4H,1-2H2. The minimum atomic E-state index is -1.23. The van der Waals surface area contributed by atoms with Crippen molar-refractivity contribution in [2.75, 3.05) is 26.4 Å². The van der Waals surface area contributed by atoms with Crippen molar-refractivity contribution in [2.24, 2.45) is 0 Å². The van der Waals surface area contributed by atoms with E-state index in [1.807, 2.05) is 0 Å². The lowest BCUT2D eigenvalue weighted by atomic mass is 10.1. The van der Waals surface area contributed by atoms with Gasteiger partial charge in [-0.05, 0) is 12.1 Å². The highest BCUT2D eigenvalue weighted by molar-refractivity contribution is 6.01. The number of hydrogen-bond acceptors (Lipinski definition) is 6. The van der Waals surface area contributed by atoms with E-state index >= 15 is 0 Å². The molecule has 0 aliphatic rings. The van der Waals surface area contributed by atoms with Gasteiger partial charge in [0.1, 0.15) is 0 Å². The zero-order valence-corrected chi connectivity index (χ0v) is 10.6. The van der Waals surface area contributed by atoms with Crippen LogP contribution in [0.1, 0.15) is 20.7 Å². The molecule has 6 N–H and O–H groups in total. The van der Waals surface area contributed by atoms with Crippen LogP contribution in [-0.4, -0.2) is 69.0 Å². The third-order valence-corrected chi connectivity index (χ3v) is 1.59. The Balaban J connectivity index is 0. The second-order valence-electron chi connectivity index (χ2n) is 3.05. The Morgan fingerprint density at radius 1 is 0.700 bits per heavy atom. The summed E-state index contributed by atoms with van der Waals surface area (Å²) in [4.78, 5) is 20.9. The topological polar surface area (TPSA) is 156 Å². The van der Waals surface area contributed by atoms with Crippen LogP contribution >= 0.6 is 0 Å². The molecule has 1 aromatic rings. The molecule has 0 aromatic heterocycles. The van der Waals surface area contributed by atoms with Crippen molar-refractivity contribution < 1.29 is 40.2 Å². The Morgan fingerprint density at radius 2 is 0.950 bits per heavy atom. The van der Waals surface area contributed by atoms with E-state index < -0.39 is 11.9 Å². The molecule has 0 bridgehead atoms. The van der Waals surface area contributed by atoms with Gasteiger partial charge < -0.3 is 30.6 Å². The van der Waals surface area contributed by atoms with Crippen molar-refractivity contribution in [3.05, 3.63) is 35.4 Å². The molecule has 0 radical (unpaired) electrons. The van der Waals surface area contributed by atoms with Crippen LogP contribution in [0.25, 0.3) is 0 Å². The fourth-order valence-corrected chi connectivity index (χ4v) is 0.856. The highest BCUT2D eigenvalue weighted by Gasteiger charge is 2.13. The van der Waals surface area contributed by atoms with Gasteiger partial charge in [-0.25, -0.2) is 9.59 Å². The van der Waals surface area contributed by atoms with Gasteiger partial charge in [0.15, 0.2) is 0 Å². The Bertz CT molecular complexity index is 350. The van der Waals surface area contributed by atoms with Crippen molar-refractivity contribution in [3.63, 3.8) is 0 Å². The number of aromatic carboxylic acids is 2. The Morgan fingerprint density at radius 3 is 1.10 bits per heavy atom. The van der Waals surface area contributed by atoms with Gasteiger partial charge in [0.05, 0.1) is 37.6 Å². The summed E-state index contributed by atoms with van der Waals surface area (Å²) in [7, 11) is 0. The molecule has 0 heterocycles. The Hall–Kier alpha value is -2.00. The van der Waals surface area contributed by atoms with E-state index in [0.29, 0.717) is 0 Å². The van der Waals surface area contributed by atoms with Gasteiger partial charge >= 0.3 is 11.9 Å². The van der Waals surface area contributed by atoms with Gasteiger partial charge in [0.2, 0.25) is 0 Å². The van der Waals surface area contributed by atoms with Crippen molar-refractivity contribution in [1.82, 2.24) is 0 Å². The Labute approximate surface area is 115 Å². The van der Waals surface area contributed by atoms with E-state index in [4.69, 9.17) is 30.6 Å². The molecule has 8 nitrogen and oxygen atoms in total. The average Bonchev–Trinajstić information content (AvgIpc) is 2.47. The highest BCUT2D eigenvalue weighted by atomic mass is 16.4. The summed E-state index contributed by atoms with van der Waals surface area (Å²) in [6, 6.07) is 5.48. The van der Waals surface area contributed by atoms with E-state index in [9.17, 15) is 9.59 Å². The summed E-state index contributed by atoms with van der Waals surface area (Å²) < 4.78 is 0. The lowest BCUT2D eigenvalue weighted by Gasteiger charge is -1.98. The molecule has 0 unspecified atom stereocenters. The molecule has 0 aliphatic heterocycles. The molecule has 0 aliphatic carbocycles. The first-order valence-corrected chi connectivity index (χ1v) is 5.45. The number of hydrogen-bond donors (Lipinski definition) is 6. The number of aliphatic hydroxyl groups excluding tert-OH is 4. The van der Waals surface area contributed by atoms with Gasteiger partial charge in [-0.1, -0.05) is 12.1 Å². The second kappa shape index (κ2) is 13.4. The number of benzene rings is 1. The predicted molar refractivity (Wildman–Crippen MR) is 68.7 cm³/mol. The summed E-state index contributed by atoms with van der Waals surface area (Å²) in [6.07, 6.45) is 0. The third-order valence-electron chi connectivity index (χ3n) is 1.59. The highest BCUT2D eigenvalue weighted by Crippen LogP contribution is 2.07. The average molecular weight is 290 g/mol.